The lowest BCUT2D eigenvalue weighted by Crippen LogP contribution is -2.46. The standard InChI is InChI=1S/C22H26N2O4S/c25-21(23-17-22(11-6-12-22)18-7-2-1-3-8-18)19-9-4-5-10-20(19)29(26,27)24-13-15-28-16-14-24/h1-5,7-10H,6,11-17H2,(H,23,25). The van der Waals surface area contributed by atoms with E-state index < -0.39 is 10.0 Å². The Bertz CT molecular complexity index is 965. The SMILES string of the molecule is O=C(NCC1(c2ccccc2)CCC1)c1ccccc1S(=O)(=O)N1CCOCC1. The Morgan fingerprint density at radius 3 is 2.31 bits per heavy atom. The number of hydrogen-bond acceptors (Lipinski definition) is 4. The van der Waals surface area contributed by atoms with Gasteiger partial charge < -0.3 is 10.1 Å². The Morgan fingerprint density at radius 1 is 1.00 bits per heavy atom. The summed E-state index contributed by atoms with van der Waals surface area (Å²) >= 11 is 0. The number of sulfonamides is 1. The van der Waals surface area contributed by atoms with Crippen molar-refractivity contribution in [3.63, 3.8) is 0 Å². The molecule has 4 rings (SSSR count). The Kier molecular flexibility index (Phi) is 5.72. The van der Waals surface area contributed by atoms with Gasteiger partial charge in [-0.2, -0.15) is 4.31 Å². The first-order valence-corrected chi connectivity index (χ1v) is 11.5. The number of benzene rings is 2. The zero-order chi connectivity index (χ0) is 20.3. The lowest BCUT2D eigenvalue weighted by Gasteiger charge is -2.42. The lowest BCUT2D eigenvalue weighted by atomic mass is 9.64. The number of nitrogens with zero attached hydrogens (tertiary/aromatic N) is 1. The van der Waals surface area contributed by atoms with Gasteiger partial charge in [0.1, 0.15) is 0 Å². The highest BCUT2D eigenvalue weighted by atomic mass is 32.2. The second-order valence-corrected chi connectivity index (χ2v) is 9.60. The fraction of sp³-hybridized carbons (Fsp3) is 0.409. The van der Waals surface area contributed by atoms with Crippen LogP contribution < -0.4 is 5.32 Å². The Labute approximate surface area is 171 Å². The van der Waals surface area contributed by atoms with Gasteiger partial charge in [0.25, 0.3) is 5.91 Å². The molecule has 1 aliphatic heterocycles. The number of morpholine rings is 1. The van der Waals surface area contributed by atoms with Crippen LogP contribution in [0.1, 0.15) is 35.2 Å². The van der Waals surface area contributed by atoms with Crippen molar-refractivity contribution in [1.82, 2.24) is 9.62 Å². The molecule has 0 unspecified atom stereocenters. The first-order chi connectivity index (χ1) is 14.0. The Morgan fingerprint density at radius 2 is 1.66 bits per heavy atom. The third-order valence-corrected chi connectivity index (χ3v) is 7.96. The van der Waals surface area contributed by atoms with Crippen molar-refractivity contribution < 1.29 is 17.9 Å². The second kappa shape index (κ2) is 8.26. The van der Waals surface area contributed by atoms with Gasteiger partial charge >= 0.3 is 0 Å². The smallest absolute Gasteiger partial charge is 0.252 e. The van der Waals surface area contributed by atoms with Crippen molar-refractivity contribution in [3.05, 3.63) is 65.7 Å². The summed E-state index contributed by atoms with van der Waals surface area (Å²) in [7, 11) is -3.74. The van der Waals surface area contributed by atoms with Gasteiger partial charge in [-0.25, -0.2) is 8.42 Å². The first-order valence-electron chi connectivity index (χ1n) is 10.0. The van der Waals surface area contributed by atoms with E-state index in [-0.39, 0.29) is 21.8 Å². The fourth-order valence-electron chi connectivity index (χ4n) is 4.11. The molecule has 2 fully saturated rings. The van der Waals surface area contributed by atoms with Crippen LogP contribution in [0.15, 0.2) is 59.5 Å². The fourth-order valence-corrected chi connectivity index (χ4v) is 5.71. The highest BCUT2D eigenvalue weighted by Crippen LogP contribution is 2.43. The summed E-state index contributed by atoms with van der Waals surface area (Å²) in [5, 5.41) is 3.01. The molecule has 1 N–H and O–H groups in total. The highest BCUT2D eigenvalue weighted by molar-refractivity contribution is 7.89. The van der Waals surface area contributed by atoms with E-state index in [1.807, 2.05) is 18.2 Å². The molecule has 1 heterocycles. The quantitative estimate of drug-likeness (QED) is 0.788. The van der Waals surface area contributed by atoms with Gasteiger partial charge in [0.05, 0.1) is 23.7 Å². The molecule has 29 heavy (non-hydrogen) atoms. The van der Waals surface area contributed by atoms with E-state index >= 15 is 0 Å². The van der Waals surface area contributed by atoms with Gasteiger partial charge in [-0.3, -0.25) is 4.79 Å². The summed E-state index contributed by atoms with van der Waals surface area (Å²) < 4.78 is 32.8. The maximum Gasteiger partial charge on any atom is 0.252 e. The summed E-state index contributed by atoms with van der Waals surface area (Å²) in [5.41, 5.74) is 1.36. The molecule has 0 spiro atoms. The molecule has 0 bridgehead atoms. The van der Waals surface area contributed by atoms with E-state index in [0.717, 1.165) is 19.3 Å². The Hall–Kier alpha value is -2.22. The van der Waals surface area contributed by atoms with E-state index in [9.17, 15) is 13.2 Å². The van der Waals surface area contributed by atoms with Crippen molar-refractivity contribution >= 4 is 15.9 Å². The number of carbonyl (C=O) groups excluding carboxylic acids is 1. The molecule has 1 amide bonds. The third kappa shape index (κ3) is 3.95. The van der Waals surface area contributed by atoms with Crippen LogP contribution in [-0.2, 0) is 20.2 Å². The van der Waals surface area contributed by atoms with Crippen molar-refractivity contribution in [2.75, 3.05) is 32.8 Å². The summed E-state index contributed by atoms with van der Waals surface area (Å²) in [5.74, 6) is -0.348. The predicted octanol–water partition coefficient (Wildman–Crippen LogP) is 2.56. The monoisotopic (exact) mass is 414 g/mol. The average molecular weight is 415 g/mol. The van der Waals surface area contributed by atoms with Crippen LogP contribution in [0.3, 0.4) is 0 Å². The number of rotatable bonds is 6. The predicted molar refractivity (Wildman–Crippen MR) is 110 cm³/mol. The lowest BCUT2D eigenvalue weighted by molar-refractivity contribution is 0.0729. The maximum absolute atomic E-state index is 13.1. The minimum Gasteiger partial charge on any atom is -0.379 e. The zero-order valence-corrected chi connectivity index (χ0v) is 17.2. The number of amides is 1. The van der Waals surface area contributed by atoms with Gasteiger partial charge in [-0.15, -0.1) is 0 Å². The summed E-state index contributed by atoms with van der Waals surface area (Å²) in [6.07, 6.45) is 3.17. The van der Waals surface area contributed by atoms with Gasteiger partial charge in [-0.05, 0) is 30.5 Å². The van der Waals surface area contributed by atoms with Crippen LogP contribution in [0.25, 0.3) is 0 Å². The zero-order valence-electron chi connectivity index (χ0n) is 16.3. The van der Waals surface area contributed by atoms with E-state index in [1.165, 1.54) is 15.9 Å². The summed E-state index contributed by atoms with van der Waals surface area (Å²) in [6, 6.07) is 16.7. The molecule has 0 radical (unpaired) electrons. The van der Waals surface area contributed by atoms with Crippen LogP contribution in [0.5, 0.6) is 0 Å². The molecule has 1 saturated heterocycles. The molecule has 2 aromatic carbocycles. The van der Waals surface area contributed by atoms with Crippen LogP contribution in [0.4, 0.5) is 0 Å². The molecule has 7 heteroatoms. The normalized spacial score (nSPS) is 19.3. The maximum atomic E-state index is 13.1. The number of hydrogen-bond donors (Lipinski definition) is 1. The first kappa shape index (κ1) is 20.1. The largest absolute Gasteiger partial charge is 0.379 e. The van der Waals surface area contributed by atoms with Gasteiger partial charge in [0.2, 0.25) is 10.0 Å². The van der Waals surface area contributed by atoms with E-state index in [2.05, 4.69) is 17.4 Å². The molecule has 2 aliphatic rings. The van der Waals surface area contributed by atoms with E-state index in [0.29, 0.717) is 32.8 Å². The van der Waals surface area contributed by atoms with Crippen LogP contribution in [-0.4, -0.2) is 51.5 Å². The Balaban J connectivity index is 1.54. The van der Waals surface area contributed by atoms with E-state index in [1.54, 1.807) is 18.2 Å². The molecule has 0 atom stereocenters. The summed E-state index contributed by atoms with van der Waals surface area (Å²) in [6.45, 7) is 1.84. The van der Waals surface area contributed by atoms with Crippen LogP contribution in [0.2, 0.25) is 0 Å². The highest BCUT2D eigenvalue weighted by Gasteiger charge is 2.39. The van der Waals surface area contributed by atoms with Crippen LogP contribution in [0, 0.1) is 0 Å². The van der Waals surface area contributed by atoms with E-state index in [4.69, 9.17) is 4.74 Å². The molecule has 1 aliphatic carbocycles. The number of nitrogens with one attached hydrogen (secondary N) is 1. The van der Waals surface area contributed by atoms with Gasteiger partial charge in [-0.1, -0.05) is 48.9 Å². The third-order valence-electron chi connectivity index (χ3n) is 6.00. The molecule has 6 nitrogen and oxygen atoms in total. The number of ether oxygens (including phenoxy) is 1. The van der Waals surface area contributed by atoms with Crippen LogP contribution >= 0.6 is 0 Å². The van der Waals surface area contributed by atoms with Crippen molar-refractivity contribution in [2.24, 2.45) is 0 Å². The van der Waals surface area contributed by atoms with Crippen molar-refractivity contribution in [2.45, 2.75) is 29.6 Å². The van der Waals surface area contributed by atoms with Gasteiger partial charge in [0, 0.05) is 25.0 Å². The molecule has 154 valence electrons. The second-order valence-electron chi connectivity index (χ2n) is 7.70. The topological polar surface area (TPSA) is 75.7 Å². The molecule has 0 aromatic heterocycles. The molecular formula is C22H26N2O4S. The minimum absolute atomic E-state index is 0.0572. The minimum atomic E-state index is -3.74. The van der Waals surface area contributed by atoms with Crippen molar-refractivity contribution in [1.29, 1.82) is 0 Å². The van der Waals surface area contributed by atoms with Crippen molar-refractivity contribution in [3.8, 4) is 0 Å². The average Bonchev–Trinajstić information content (AvgIpc) is 2.74. The van der Waals surface area contributed by atoms with Gasteiger partial charge in [0.15, 0.2) is 0 Å². The number of carbonyl (C=O) groups is 1. The molecule has 2 aromatic rings. The molecule has 1 saturated carbocycles. The molecular weight excluding hydrogens is 388 g/mol. The summed E-state index contributed by atoms with van der Waals surface area (Å²) in [4.78, 5) is 13.1.